The standard InChI is InChI=1S/C9H4Cl2N2O3/c10-4-1-2-6(11)5(3-4)8-12-7(9(14)15)13-16-8/h1-3H,(H,14,15). The SMILES string of the molecule is O=C(O)c1noc(-c2cc(Cl)ccc2Cl)n1. The van der Waals surface area contributed by atoms with E-state index in [0.29, 0.717) is 15.6 Å². The summed E-state index contributed by atoms with van der Waals surface area (Å²) in [5, 5.41) is 12.7. The van der Waals surface area contributed by atoms with E-state index in [1.165, 1.54) is 6.07 Å². The van der Waals surface area contributed by atoms with Crippen LogP contribution < -0.4 is 0 Å². The van der Waals surface area contributed by atoms with Gasteiger partial charge in [-0.1, -0.05) is 23.2 Å². The lowest BCUT2D eigenvalue weighted by atomic mass is 10.2. The molecule has 0 aliphatic heterocycles. The number of carbonyl (C=O) groups is 1. The molecule has 0 aliphatic rings. The Kier molecular flexibility index (Phi) is 2.80. The molecule has 0 saturated heterocycles. The molecule has 0 amide bonds. The van der Waals surface area contributed by atoms with Crippen LogP contribution in [-0.4, -0.2) is 21.2 Å². The lowest BCUT2D eigenvalue weighted by Crippen LogP contribution is -1.98. The quantitative estimate of drug-likeness (QED) is 0.897. The normalized spacial score (nSPS) is 10.4. The van der Waals surface area contributed by atoms with Crippen molar-refractivity contribution in [3.05, 3.63) is 34.1 Å². The minimum Gasteiger partial charge on any atom is -0.475 e. The molecule has 0 radical (unpaired) electrons. The van der Waals surface area contributed by atoms with Gasteiger partial charge in [-0.2, -0.15) is 4.98 Å². The van der Waals surface area contributed by atoms with Gasteiger partial charge in [0.05, 0.1) is 10.6 Å². The summed E-state index contributed by atoms with van der Waals surface area (Å²) in [6.07, 6.45) is 0. The summed E-state index contributed by atoms with van der Waals surface area (Å²) in [4.78, 5) is 14.2. The summed E-state index contributed by atoms with van der Waals surface area (Å²) in [5.74, 6) is -1.68. The molecule has 2 aromatic rings. The number of rotatable bonds is 2. The van der Waals surface area contributed by atoms with Crippen molar-refractivity contribution in [3.8, 4) is 11.5 Å². The highest BCUT2D eigenvalue weighted by molar-refractivity contribution is 6.35. The summed E-state index contributed by atoms with van der Waals surface area (Å²) >= 11 is 11.7. The van der Waals surface area contributed by atoms with Crippen molar-refractivity contribution in [2.45, 2.75) is 0 Å². The zero-order chi connectivity index (χ0) is 11.7. The summed E-state index contributed by atoms with van der Waals surface area (Å²) < 4.78 is 4.76. The molecule has 7 heteroatoms. The first-order chi connectivity index (χ1) is 7.58. The molecule has 0 fully saturated rings. The van der Waals surface area contributed by atoms with E-state index in [1.54, 1.807) is 12.1 Å². The van der Waals surface area contributed by atoms with Crippen LogP contribution in [0, 0.1) is 0 Å². The minimum atomic E-state index is -1.27. The van der Waals surface area contributed by atoms with Gasteiger partial charge in [-0.05, 0) is 23.4 Å². The predicted octanol–water partition coefficient (Wildman–Crippen LogP) is 2.74. The van der Waals surface area contributed by atoms with Crippen molar-refractivity contribution < 1.29 is 14.4 Å². The van der Waals surface area contributed by atoms with E-state index in [2.05, 4.69) is 10.1 Å². The molecule has 0 unspecified atom stereocenters. The molecule has 0 spiro atoms. The Balaban J connectivity index is 2.50. The van der Waals surface area contributed by atoms with Crippen molar-refractivity contribution in [2.24, 2.45) is 0 Å². The molecule has 16 heavy (non-hydrogen) atoms. The maximum Gasteiger partial charge on any atom is 0.377 e. The fourth-order valence-corrected chi connectivity index (χ4v) is 1.45. The minimum absolute atomic E-state index is 0.0184. The molecule has 0 saturated carbocycles. The Hall–Kier alpha value is -1.59. The Morgan fingerprint density at radius 1 is 1.38 bits per heavy atom. The number of halogens is 2. The second-order valence-electron chi connectivity index (χ2n) is 2.85. The molecule has 0 atom stereocenters. The Morgan fingerprint density at radius 3 is 2.75 bits per heavy atom. The van der Waals surface area contributed by atoms with Gasteiger partial charge in [0.1, 0.15) is 0 Å². The predicted molar refractivity (Wildman–Crippen MR) is 56.7 cm³/mol. The maximum absolute atomic E-state index is 10.6. The topological polar surface area (TPSA) is 76.2 Å². The van der Waals surface area contributed by atoms with E-state index in [0.717, 1.165) is 0 Å². The molecule has 82 valence electrons. The molecular formula is C9H4Cl2N2O3. The van der Waals surface area contributed by atoms with Crippen LogP contribution in [0.2, 0.25) is 10.0 Å². The van der Waals surface area contributed by atoms with Crippen LogP contribution in [0.1, 0.15) is 10.6 Å². The Labute approximate surface area is 99.6 Å². The lowest BCUT2D eigenvalue weighted by Gasteiger charge is -1.98. The van der Waals surface area contributed by atoms with E-state index in [4.69, 9.17) is 32.8 Å². The smallest absolute Gasteiger partial charge is 0.377 e. The summed E-state index contributed by atoms with van der Waals surface area (Å²) in [5.41, 5.74) is 0.397. The third-order valence-electron chi connectivity index (χ3n) is 1.78. The van der Waals surface area contributed by atoms with Gasteiger partial charge in [0.2, 0.25) is 0 Å². The van der Waals surface area contributed by atoms with Gasteiger partial charge in [-0.15, -0.1) is 0 Å². The fourth-order valence-electron chi connectivity index (χ4n) is 1.08. The number of nitrogens with zero attached hydrogens (tertiary/aromatic N) is 2. The van der Waals surface area contributed by atoms with Gasteiger partial charge in [0.25, 0.3) is 11.7 Å². The van der Waals surface area contributed by atoms with E-state index < -0.39 is 11.8 Å². The summed E-state index contributed by atoms with van der Waals surface area (Å²) in [6.45, 7) is 0. The second kappa shape index (κ2) is 4.11. The molecule has 1 aromatic heterocycles. The third-order valence-corrected chi connectivity index (χ3v) is 2.34. The lowest BCUT2D eigenvalue weighted by molar-refractivity contribution is 0.0680. The van der Waals surface area contributed by atoms with E-state index in [9.17, 15) is 4.79 Å². The molecular weight excluding hydrogens is 255 g/mol. The second-order valence-corrected chi connectivity index (χ2v) is 3.70. The molecule has 5 nitrogen and oxygen atoms in total. The molecule has 2 rings (SSSR count). The average Bonchev–Trinajstić information content (AvgIpc) is 2.70. The van der Waals surface area contributed by atoms with Gasteiger partial charge in [0, 0.05) is 5.02 Å². The highest BCUT2D eigenvalue weighted by Crippen LogP contribution is 2.29. The van der Waals surface area contributed by atoms with Gasteiger partial charge in [0.15, 0.2) is 0 Å². The van der Waals surface area contributed by atoms with Gasteiger partial charge < -0.3 is 9.63 Å². The van der Waals surface area contributed by atoms with Crippen LogP contribution >= 0.6 is 23.2 Å². The molecule has 0 bridgehead atoms. The number of aromatic carboxylic acids is 1. The van der Waals surface area contributed by atoms with Gasteiger partial charge in [-0.25, -0.2) is 4.79 Å². The largest absolute Gasteiger partial charge is 0.475 e. The van der Waals surface area contributed by atoms with Crippen LogP contribution in [-0.2, 0) is 0 Å². The van der Waals surface area contributed by atoms with Crippen LogP contribution in [0.15, 0.2) is 22.7 Å². The van der Waals surface area contributed by atoms with E-state index in [-0.39, 0.29) is 5.89 Å². The Bertz CT molecular complexity index is 553. The first-order valence-electron chi connectivity index (χ1n) is 4.10. The number of carboxylic acid groups (broad SMARTS) is 1. The Morgan fingerprint density at radius 2 is 2.12 bits per heavy atom. The van der Waals surface area contributed by atoms with Crippen LogP contribution in [0.25, 0.3) is 11.5 Å². The first-order valence-corrected chi connectivity index (χ1v) is 4.86. The third kappa shape index (κ3) is 2.00. The first kappa shape index (κ1) is 10.9. The van der Waals surface area contributed by atoms with Gasteiger partial charge in [-0.3, -0.25) is 0 Å². The highest BCUT2D eigenvalue weighted by Gasteiger charge is 2.16. The molecule has 1 heterocycles. The van der Waals surface area contributed by atoms with Crippen molar-refractivity contribution >= 4 is 29.2 Å². The highest BCUT2D eigenvalue weighted by atomic mass is 35.5. The van der Waals surface area contributed by atoms with Crippen LogP contribution in [0.4, 0.5) is 0 Å². The van der Waals surface area contributed by atoms with Crippen molar-refractivity contribution in [1.82, 2.24) is 10.1 Å². The summed E-state index contributed by atoms with van der Waals surface area (Å²) in [7, 11) is 0. The van der Waals surface area contributed by atoms with Crippen molar-refractivity contribution in [2.75, 3.05) is 0 Å². The van der Waals surface area contributed by atoms with Crippen molar-refractivity contribution in [3.63, 3.8) is 0 Å². The average molecular weight is 259 g/mol. The zero-order valence-electron chi connectivity index (χ0n) is 7.65. The number of benzene rings is 1. The van der Waals surface area contributed by atoms with E-state index >= 15 is 0 Å². The van der Waals surface area contributed by atoms with Crippen molar-refractivity contribution in [1.29, 1.82) is 0 Å². The zero-order valence-corrected chi connectivity index (χ0v) is 9.16. The number of aromatic nitrogens is 2. The molecule has 1 aromatic carbocycles. The number of hydrogen-bond donors (Lipinski definition) is 1. The van der Waals surface area contributed by atoms with Gasteiger partial charge >= 0.3 is 5.97 Å². The van der Waals surface area contributed by atoms with Crippen LogP contribution in [0.3, 0.4) is 0 Å². The molecule has 1 N–H and O–H groups in total. The monoisotopic (exact) mass is 258 g/mol. The van der Waals surface area contributed by atoms with Crippen LogP contribution in [0.5, 0.6) is 0 Å². The summed E-state index contributed by atoms with van der Waals surface area (Å²) in [6, 6.07) is 4.68. The fraction of sp³-hybridized carbons (Fsp3) is 0. The number of carboxylic acids is 1. The number of hydrogen-bond acceptors (Lipinski definition) is 4. The molecule has 0 aliphatic carbocycles. The van der Waals surface area contributed by atoms with E-state index in [1.807, 2.05) is 0 Å². The maximum atomic E-state index is 10.6.